The Morgan fingerprint density at radius 1 is 0.679 bits per heavy atom. The molecular weight excluding hydrogens is 350 g/mol. The first-order valence-electron chi connectivity index (χ1n) is 8.92. The zero-order valence-electron chi connectivity index (χ0n) is 14.8. The number of aromatic nitrogens is 1. The monoisotopic (exact) mass is 365 g/mol. The highest BCUT2D eigenvalue weighted by atomic mass is 16.4. The van der Waals surface area contributed by atoms with Crippen LogP contribution < -0.4 is 0 Å². The van der Waals surface area contributed by atoms with Gasteiger partial charge in [0.15, 0.2) is 17.6 Å². The fourth-order valence-corrected chi connectivity index (χ4v) is 3.21. The van der Waals surface area contributed by atoms with Gasteiger partial charge in [-0.15, -0.1) is 0 Å². The largest absolute Gasteiger partial charge is 0.453 e. The number of carbonyl (C=O) groups is 1. The Morgan fingerprint density at radius 3 is 2.14 bits per heavy atom. The molecule has 0 bridgehead atoms. The molecule has 134 valence electrons. The van der Waals surface area contributed by atoms with Crippen molar-refractivity contribution >= 4 is 17.4 Å². The maximum Gasteiger partial charge on any atom is 0.227 e. The number of nitrogens with zero attached hydrogens (tertiary/aromatic N) is 1. The lowest BCUT2D eigenvalue weighted by Crippen LogP contribution is -1.80. The summed E-state index contributed by atoms with van der Waals surface area (Å²) in [4.78, 5) is 15.4. The van der Waals surface area contributed by atoms with Gasteiger partial charge in [0.05, 0.1) is 0 Å². The summed E-state index contributed by atoms with van der Waals surface area (Å²) >= 11 is 0. The molecule has 0 atom stereocenters. The lowest BCUT2D eigenvalue weighted by atomic mass is 10.0. The van der Waals surface area contributed by atoms with E-state index in [-0.39, 0.29) is 0 Å². The molecule has 5 aromatic rings. The second-order valence-electron chi connectivity index (χ2n) is 6.46. The number of fused-ring (bicyclic) bond motifs is 1. The molecular formula is C24H15NO3. The molecule has 0 aliphatic rings. The van der Waals surface area contributed by atoms with Gasteiger partial charge >= 0.3 is 0 Å². The van der Waals surface area contributed by atoms with E-state index in [2.05, 4.69) is 29.2 Å². The summed E-state index contributed by atoms with van der Waals surface area (Å²) in [5, 5.41) is 0. The summed E-state index contributed by atoms with van der Waals surface area (Å²) in [6, 6.07) is 27.5. The highest BCUT2D eigenvalue weighted by Gasteiger charge is 2.11. The molecule has 2 heterocycles. The number of aldehydes is 1. The molecule has 0 saturated heterocycles. The van der Waals surface area contributed by atoms with E-state index in [9.17, 15) is 4.79 Å². The van der Waals surface area contributed by atoms with E-state index in [1.54, 1.807) is 12.1 Å². The van der Waals surface area contributed by atoms with Gasteiger partial charge in [-0.3, -0.25) is 4.79 Å². The minimum absolute atomic E-state index is 0.300. The molecule has 28 heavy (non-hydrogen) atoms. The standard InChI is InChI=1S/C24H15NO3/c26-15-20-11-13-22(27-20)19-10-12-23-21(14-19)25-24(28-23)18-8-6-17(7-9-18)16-4-2-1-3-5-16/h1-15H. The molecule has 0 saturated carbocycles. The molecule has 0 amide bonds. The van der Waals surface area contributed by atoms with Crippen LogP contribution in [0.3, 0.4) is 0 Å². The van der Waals surface area contributed by atoms with Gasteiger partial charge in [0.25, 0.3) is 0 Å². The highest BCUT2D eigenvalue weighted by molar-refractivity contribution is 5.82. The van der Waals surface area contributed by atoms with Gasteiger partial charge in [-0.05, 0) is 53.6 Å². The van der Waals surface area contributed by atoms with Crippen LogP contribution in [-0.4, -0.2) is 11.3 Å². The predicted molar refractivity (Wildman–Crippen MR) is 108 cm³/mol. The van der Waals surface area contributed by atoms with Crippen molar-refractivity contribution in [2.75, 3.05) is 0 Å². The summed E-state index contributed by atoms with van der Waals surface area (Å²) in [7, 11) is 0. The summed E-state index contributed by atoms with van der Waals surface area (Å²) < 4.78 is 11.4. The maximum atomic E-state index is 10.8. The minimum atomic E-state index is 0.300. The summed E-state index contributed by atoms with van der Waals surface area (Å²) in [6.07, 6.45) is 0.690. The molecule has 0 unspecified atom stereocenters. The third kappa shape index (κ3) is 2.91. The summed E-state index contributed by atoms with van der Waals surface area (Å²) in [5.74, 6) is 1.50. The minimum Gasteiger partial charge on any atom is -0.453 e. The Hall–Kier alpha value is -3.92. The van der Waals surface area contributed by atoms with E-state index in [4.69, 9.17) is 8.83 Å². The maximum absolute atomic E-state index is 10.8. The molecule has 0 fully saturated rings. The lowest BCUT2D eigenvalue weighted by molar-refractivity contribution is 0.110. The van der Waals surface area contributed by atoms with E-state index in [1.165, 1.54) is 5.56 Å². The summed E-state index contributed by atoms with van der Waals surface area (Å²) in [6.45, 7) is 0. The van der Waals surface area contributed by atoms with Crippen molar-refractivity contribution in [1.29, 1.82) is 0 Å². The van der Waals surface area contributed by atoms with Crippen LogP contribution in [0.2, 0.25) is 0 Å². The van der Waals surface area contributed by atoms with E-state index in [0.29, 0.717) is 29.3 Å². The number of furan rings is 1. The Labute approximate surface area is 161 Å². The van der Waals surface area contributed by atoms with Gasteiger partial charge in [-0.25, -0.2) is 4.98 Å². The molecule has 0 aliphatic carbocycles. The van der Waals surface area contributed by atoms with Crippen LogP contribution in [0.25, 0.3) is 45.0 Å². The van der Waals surface area contributed by atoms with Crippen molar-refractivity contribution in [3.63, 3.8) is 0 Å². The third-order valence-electron chi connectivity index (χ3n) is 4.65. The lowest BCUT2D eigenvalue weighted by Gasteiger charge is -2.02. The molecule has 3 aromatic carbocycles. The first kappa shape index (κ1) is 16.3. The Bertz CT molecular complexity index is 1260. The number of oxazole rings is 1. The van der Waals surface area contributed by atoms with Crippen molar-refractivity contribution in [3.8, 4) is 33.9 Å². The zero-order valence-corrected chi connectivity index (χ0v) is 14.8. The number of benzene rings is 3. The zero-order chi connectivity index (χ0) is 18.9. The second-order valence-corrected chi connectivity index (χ2v) is 6.46. The molecule has 0 aliphatic heterocycles. The van der Waals surface area contributed by atoms with Crippen LogP contribution in [0.4, 0.5) is 0 Å². The van der Waals surface area contributed by atoms with Gasteiger partial charge < -0.3 is 8.83 Å². The number of hydrogen-bond acceptors (Lipinski definition) is 4. The fraction of sp³-hybridized carbons (Fsp3) is 0. The quantitative estimate of drug-likeness (QED) is 0.354. The number of rotatable bonds is 4. The SMILES string of the molecule is O=Cc1ccc(-c2ccc3oc(-c4ccc(-c5ccccc5)cc4)nc3c2)o1. The second kappa shape index (κ2) is 6.67. The molecule has 0 radical (unpaired) electrons. The topological polar surface area (TPSA) is 56.2 Å². The predicted octanol–water partition coefficient (Wildman–Crippen LogP) is 6.23. The number of carbonyl (C=O) groups excluding carboxylic acids is 1. The van der Waals surface area contributed by atoms with E-state index in [1.807, 2.05) is 48.5 Å². The van der Waals surface area contributed by atoms with Gasteiger partial charge in [0.2, 0.25) is 5.89 Å². The fourth-order valence-electron chi connectivity index (χ4n) is 3.21. The van der Waals surface area contributed by atoms with Gasteiger partial charge in [0, 0.05) is 11.1 Å². The van der Waals surface area contributed by atoms with Crippen LogP contribution in [-0.2, 0) is 0 Å². The Morgan fingerprint density at radius 2 is 1.39 bits per heavy atom. The van der Waals surface area contributed by atoms with Crippen molar-refractivity contribution in [2.24, 2.45) is 0 Å². The van der Waals surface area contributed by atoms with Crippen LogP contribution in [0, 0.1) is 0 Å². The first-order chi connectivity index (χ1) is 13.8. The van der Waals surface area contributed by atoms with Crippen LogP contribution in [0.15, 0.2) is 93.8 Å². The van der Waals surface area contributed by atoms with Crippen LogP contribution in [0.1, 0.15) is 10.6 Å². The molecule has 5 rings (SSSR count). The highest BCUT2D eigenvalue weighted by Crippen LogP contribution is 2.30. The van der Waals surface area contributed by atoms with Crippen molar-refractivity contribution < 1.29 is 13.6 Å². The van der Waals surface area contributed by atoms with E-state index >= 15 is 0 Å². The first-order valence-corrected chi connectivity index (χ1v) is 8.92. The van der Waals surface area contributed by atoms with Gasteiger partial charge in [0.1, 0.15) is 11.3 Å². The molecule has 4 nitrogen and oxygen atoms in total. The molecule has 2 aromatic heterocycles. The molecule has 4 heteroatoms. The molecule has 0 N–H and O–H groups in total. The van der Waals surface area contributed by atoms with E-state index < -0.39 is 0 Å². The summed E-state index contributed by atoms with van der Waals surface area (Å²) in [5.41, 5.74) is 5.52. The molecule has 0 spiro atoms. The third-order valence-corrected chi connectivity index (χ3v) is 4.65. The average molecular weight is 365 g/mol. The Kier molecular flexibility index (Phi) is 3.87. The van der Waals surface area contributed by atoms with Crippen LogP contribution in [0.5, 0.6) is 0 Å². The number of hydrogen-bond donors (Lipinski definition) is 0. The van der Waals surface area contributed by atoms with Gasteiger partial charge in [-0.1, -0.05) is 42.5 Å². The van der Waals surface area contributed by atoms with E-state index in [0.717, 1.165) is 22.2 Å². The van der Waals surface area contributed by atoms with Crippen LogP contribution >= 0.6 is 0 Å². The average Bonchev–Trinajstić information content (AvgIpc) is 3.41. The van der Waals surface area contributed by atoms with Crippen molar-refractivity contribution in [3.05, 3.63) is 90.7 Å². The normalized spacial score (nSPS) is 11.0. The van der Waals surface area contributed by atoms with Crippen molar-refractivity contribution in [2.45, 2.75) is 0 Å². The van der Waals surface area contributed by atoms with Crippen molar-refractivity contribution in [1.82, 2.24) is 4.98 Å². The smallest absolute Gasteiger partial charge is 0.227 e. The van der Waals surface area contributed by atoms with Gasteiger partial charge in [-0.2, -0.15) is 0 Å². The Balaban J connectivity index is 1.48.